The largest absolute Gasteiger partial charge is 0.472 e. The Morgan fingerprint density at radius 2 is 0.568 bits per heavy atom. The van der Waals surface area contributed by atoms with Crippen molar-refractivity contribution < 1.29 is 80.2 Å². The molecule has 0 aromatic heterocycles. The summed E-state index contributed by atoms with van der Waals surface area (Å²) in [5.41, 5.74) is 0. The molecule has 0 aromatic rings. The lowest BCUT2D eigenvalue weighted by Gasteiger charge is -2.21. The van der Waals surface area contributed by atoms with Crippen molar-refractivity contribution in [3.8, 4) is 0 Å². The number of aliphatic hydroxyl groups is 1. The van der Waals surface area contributed by atoms with Crippen molar-refractivity contribution in [2.24, 2.45) is 5.92 Å². The summed E-state index contributed by atoms with van der Waals surface area (Å²) >= 11 is 0. The maximum Gasteiger partial charge on any atom is 0.472 e. The van der Waals surface area contributed by atoms with Crippen LogP contribution in [-0.4, -0.2) is 96.7 Å². The quantitative estimate of drug-likeness (QED) is 0.0222. The van der Waals surface area contributed by atoms with Crippen molar-refractivity contribution in [2.45, 2.75) is 329 Å². The SMILES string of the molecule is CCCCCCCCCCCCCCCC(=O)OC[C@H](COP(=O)(O)OC[C@@H](O)COP(=O)(O)OC[C@@H](COC(=O)CCCCCCC)OC(=O)CCCCCCCCC)OC(=O)CCCCCCCCCCCCCCCC(C)C. The average molecular weight is 1200 g/mol. The number of hydrogen-bond acceptors (Lipinski definition) is 15. The molecule has 0 bridgehead atoms. The average Bonchev–Trinajstić information content (AvgIpc) is 3.43. The minimum atomic E-state index is -4.94. The van der Waals surface area contributed by atoms with Crippen LogP contribution >= 0.6 is 15.6 Å². The van der Waals surface area contributed by atoms with Crippen molar-refractivity contribution in [1.29, 1.82) is 0 Å². The van der Waals surface area contributed by atoms with E-state index >= 15 is 0 Å². The van der Waals surface area contributed by atoms with Crippen LogP contribution in [0.15, 0.2) is 0 Å². The number of carbonyl (C=O) groups excluding carboxylic acids is 4. The van der Waals surface area contributed by atoms with E-state index in [4.69, 9.17) is 37.0 Å². The van der Waals surface area contributed by atoms with Gasteiger partial charge in [0.25, 0.3) is 0 Å². The number of phosphoric ester groups is 2. The molecule has 0 rings (SSSR count). The second-order valence-corrected chi connectivity index (χ2v) is 25.8. The van der Waals surface area contributed by atoms with E-state index in [-0.39, 0.29) is 25.7 Å². The molecular formula is C62H120O17P2. The molecule has 0 aliphatic rings. The number of esters is 4. The molecule has 0 saturated heterocycles. The Bertz CT molecular complexity index is 1580. The third kappa shape index (κ3) is 56.9. The van der Waals surface area contributed by atoms with Crippen LogP contribution in [-0.2, 0) is 65.4 Å². The Kier molecular flexibility index (Phi) is 54.6. The van der Waals surface area contributed by atoms with Crippen LogP contribution in [0.25, 0.3) is 0 Å². The molecule has 2 unspecified atom stereocenters. The van der Waals surface area contributed by atoms with E-state index < -0.39 is 97.5 Å². The van der Waals surface area contributed by atoms with Gasteiger partial charge in [0, 0.05) is 25.7 Å². The lowest BCUT2D eigenvalue weighted by molar-refractivity contribution is -0.161. The maximum atomic E-state index is 13.0. The van der Waals surface area contributed by atoms with E-state index in [1.54, 1.807) is 0 Å². The highest BCUT2D eigenvalue weighted by Gasteiger charge is 2.30. The number of aliphatic hydroxyl groups excluding tert-OH is 1. The Morgan fingerprint density at radius 1 is 0.333 bits per heavy atom. The Labute approximate surface area is 492 Å². The van der Waals surface area contributed by atoms with Gasteiger partial charge in [-0.25, -0.2) is 9.13 Å². The highest BCUT2D eigenvalue weighted by Crippen LogP contribution is 2.45. The summed E-state index contributed by atoms with van der Waals surface area (Å²) in [6, 6.07) is 0. The van der Waals surface area contributed by atoms with Crippen molar-refractivity contribution >= 4 is 39.5 Å². The molecule has 0 aromatic carbocycles. The third-order valence-corrected chi connectivity index (χ3v) is 16.2. The molecule has 0 spiro atoms. The van der Waals surface area contributed by atoms with Gasteiger partial charge in [-0.1, -0.05) is 259 Å². The second kappa shape index (κ2) is 55.9. The summed E-state index contributed by atoms with van der Waals surface area (Å²) in [6.07, 6.45) is 39.4. The summed E-state index contributed by atoms with van der Waals surface area (Å²) in [5, 5.41) is 10.5. The smallest absolute Gasteiger partial charge is 0.462 e. The number of ether oxygens (including phenoxy) is 4. The molecule has 0 amide bonds. The molecule has 0 heterocycles. The fraction of sp³-hybridized carbons (Fsp3) is 0.935. The van der Waals surface area contributed by atoms with Crippen LogP contribution in [0.3, 0.4) is 0 Å². The summed E-state index contributed by atoms with van der Waals surface area (Å²) in [6.45, 7) is 7.07. The van der Waals surface area contributed by atoms with Gasteiger partial charge in [-0.15, -0.1) is 0 Å². The monoisotopic (exact) mass is 1200 g/mol. The third-order valence-electron chi connectivity index (χ3n) is 14.3. The van der Waals surface area contributed by atoms with Crippen LogP contribution in [0, 0.1) is 5.92 Å². The van der Waals surface area contributed by atoms with Gasteiger partial charge in [0.15, 0.2) is 12.2 Å². The Balaban J connectivity index is 5.14. The van der Waals surface area contributed by atoms with Crippen LogP contribution in [0.4, 0.5) is 0 Å². The van der Waals surface area contributed by atoms with Crippen molar-refractivity contribution in [3.05, 3.63) is 0 Å². The van der Waals surface area contributed by atoms with Gasteiger partial charge < -0.3 is 33.8 Å². The molecule has 0 aliphatic carbocycles. The molecule has 81 heavy (non-hydrogen) atoms. The van der Waals surface area contributed by atoms with Gasteiger partial charge in [0.05, 0.1) is 26.4 Å². The molecule has 3 N–H and O–H groups in total. The summed E-state index contributed by atoms with van der Waals surface area (Å²) in [5.74, 6) is -1.36. The van der Waals surface area contributed by atoms with Gasteiger partial charge in [-0.3, -0.25) is 37.3 Å². The predicted molar refractivity (Wildman–Crippen MR) is 322 cm³/mol. The molecule has 0 fully saturated rings. The zero-order valence-corrected chi connectivity index (χ0v) is 53.7. The molecule has 19 heteroatoms. The first kappa shape index (κ1) is 79.1. The Hall–Kier alpha value is -1.94. The van der Waals surface area contributed by atoms with E-state index in [1.807, 2.05) is 0 Å². The first-order chi connectivity index (χ1) is 39.0. The van der Waals surface area contributed by atoms with Gasteiger partial charge >= 0.3 is 39.5 Å². The Morgan fingerprint density at radius 3 is 0.840 bits per heavy atom. The molecular weight excluding hydrogens is 1080 g/mol. The standard InChI is InChI=1S/C62H120O17P2/c1-6-9-12-15-17-18-19-21-25-28-32-36-41-46-60(65)73-52-58(79-62(67)48-43-38-33-29-26-23-20-22-24-27-31-35-39-44-55(4)5)54-77-81(70,71)75-50-56(63)49-74-80(68,69)76-53-57(51-72-59(64)45-40-34-14-11-8-3)78-61(66)47-42-37-30-16-13-10-7-2/h55-58,63H,6-54H2,1-5H3,(H,68,69)(H,70,71)/t56-,57+,58+/m0/s1. The van der Waals surface area contributed by atoms with E-state index in [0.717, 1.165) is 115 Å². The van der Waals surface area contributed by atoms with Crippen LogP contribution < -0.4 is 0 Å². The van der Waals surface area contributed by atoms with Crippen molar-refractivity contribution in [1.82, 2.24) is 0 Å². The maximum absolute atomic E-state index is 13.0. The van der Waals surface area contributed by atoms with Crippen molar-refractivity contribution in [3.63, 3.8) is 0 Å². The normalized spacial score (nSPS) is 14.3. The zero-order chi connectivity index (χ0) is 59.9. The van der Waals surface area contributed by atoms with Gasteiger partial charge in [-0.2, -0.15) is 0 Å². The fourth-order valence-corrected chi connectivity index (χ4v) is 10.8. The van der Waals surface area contributed by atoms with Crippen LogP contribution in [0.2, 0.25) is 0 Å². The van der Waals surface area contributed by atoms with E-state index in [2.05, 4.69) is 34.6 Å². The van der Waals surface area contributed by atoms with Crippen LogP contribution in [0.5, 0.6) is 0 Å². The topological polar surface area (TPSA) is 237 Å². The first-order valence-corrected chi connectivity index (χ1v) is 35.6. The van der Waals surface area contributed by atoms with E-state index in [1.165, 1.54) is 116 Å². The lowest BCUT2D eigenvalue weighted by atomic mass is 10.0. The van der Waals surface area contributed by atoms with Gasteiger partial charge in [0.1, 0.15) is 19.3 Å². The molecule has 17 nitrogen and oxygen atoms in total. The summed E-state index contributed by atoms with van der Waals surface area (Å²) < 4.78 is 67.6. The fourth-order valence-electron chi connectivity index (χ4n) is 9.23. The summed E-state index contributed by atoms with van der Waals surface area (Å²) in [7, 11) is -9.87. The number of carbonyl (C=O) groups is 4. The first-order valence-electron chi connectivity index (χ1n) is 32.6. The number of phosphoric acid groups is 2. The number of unbranched alkanes of at least 4 members (excludes halogenated alkanes) is 34. The molecule has 5 atom stereocenters. The minimum absolute atomic E-state index is 0.103. The highest BCUT2D eigenvalue weighted by atomic mass is 31.2. The summed E-state index contributed by atoms with van der Waals surface area (Å²) in [4.78, 5) is 71.8. The zero-order valence-electron chi connectivity index (χ0n) is 51.9. The van der Waals surface area contributed by atoms with Gasteiger partial charge in [0.2, 0.25) is 0 Å². The minimum Gasteiger partial charge on any atom is -0.462 e. The van der Waals surface area contributed by atoms with E-state index in [0.29, 0.717) is 25.7 Å². The van der Waals surface area contributed by atoms with Crippen LogP contribution in [0.1, 0.15) is 311 Å². The molecule has 0 saturated carbocycles. The van der Waals surface area contributed by atoms with E-state index in [9.17, 15) is 43.2 Å². The number of rotatable bonds is 62. The molecule has 480 valence electrons. The lowest BCUT2D eigenvalue weighted by Crippen LogP contribution is -2.30. The second-order valence-electron chi connectivity index (χ2n) is 22.9. The van der Waals surface area contributed by atoms with Gasteiger partial charge in [-0.05, 0) is 31.6 Å². The predicted octanol–water partition coefficient (Wildman–Crippen LogP) is 17.0. The molecule has 0 aliphatic heterocycles. The highest BCUT2D eigenvalue weighted by molar-refractivity contribution is 7.47. The molecule has 0 radical (unpaired) electrons. The van der Waals surface area contributed by atoms with Crippen molar-refractivity contribution in [2.75, 3.05) is 39.6 Å². The number of hydrogen-bond donors (Lipinski definition) is 3.